The van der Waals surface area contributed by atoms with Gasteiger partial charge >= 0.3 is 6.09 Å². The predicted molar refractivity (Wildman–Crippen MR) is 107 cm³/mol. The molecule has 1 saturated heterocycles. The van der Waals surface area contributed by atoms with Crippen LogP contribution in [-0.2, 0) is 27.3 Å². The van der Waals surface area contributed by atoms with Gasteiger partial charge in [-0.15, -0.1) is 0 Å². The largest absolute Gasteiger partial charge is 0.447 e. The number of imide groups is 1. The monoisotopic (exact) mass is 410 g/mol. The number of carbonyl (C=O) groups is 2. The molecule has 30 heavy (non-hydrogen) atoms. The van der Waals surface area contributed by atoms with Crippen LogP contribution < -0.4 is 0 Å². The molecule has 0 aromatic heterocycles. The fourth-order valence-electron chi connectivity index (χ4n) is 3.22. The maximum absolute atomic E-state index is 13.0. The minimum Gasteiger partial charge on any atom is -0.447 e. The smallest absolute Gasteiger partial charge is 0.416 e. The molecule has 156 valence electrons. The number of aliphatic hydroxyl groups excluding tert-OH is 1. The van der Waals surface area contributed by atoms with Gasteiger partial charge in [-0.1, -0.05) is 65.8 Å². The van der Waals surface area contributed by atoms with E-state index in [1.54, 1.807) is 0 Å². The number of hydrogen-bond donors (Lipinski definition) is 1. The summed E-state index contributed by atoms with van der Waals surface area (Å²) in [7, 11) is 0. The molecule has 1 N–H and O–H groups in total. The fraction of sp³-hybridized carbons (Fsp3) is 0.333. The summed E-state index contributed by atoms with van der Waals surface area (Å²) in [6.45, 7) is 0.0110. The fourth-order valence-corrected chi connectivity index (χ4v) is 3.22. The van der Waals surface area contributed by atoms with Gasteiger partial charge in [0.25, 0.3) is 0 Å². The van der Waals surface area contributed by atoms with Crippen LogP contribution in [0.4, 0.5) is 4.79 Å². The van der Waals surface area contributed by atoms with E-state index in [0.717, 1.165) is 16.0 Å². The number of nitrogens with zero attached hydrogens (tertiary/aromatic N) is 4. The van der Waals surface area contributed by atoms with Gasteiger partial charge in [0.05, 0.1) is 25.4 Å². The van der Waals surface area contributed by atoms with Crippen molar-refractivity contribution < 1.29 is 24.2 Å². The van der Waals surface area contributed by atoms with Gasteiger partial charge in [-0.3, -0.25) is 4.79 Å². The molecule has 3 rings (SSSR count). The highest BCUT2D eigenvalue weighted by Gasteiger charge is 2.42. The minimum atomic E-state index is -1.50. The zero-order valence-corrected chi connectivity index (χ0v) is 16.2. The summed E-state index contributed by atoms with van der Waals surface area (Å²) < 4.78 is 10.5. The average molecular weight is 410 g/mol. The topological polar surface area (TPSA) is 125 Å². The number of ether oxygens (including phenoxy) is 2. The molecule has 1 unspecified atom stereocenters. The lowest BCUT2D eigenvalue weighted by Crippen LogP contribution is -2.49. The quantitative estimate of drug-likeness (QED) is 0.387. The third-order valence-electron chi connectivity index (χ3n) is 4.71. The second-order valence-corrected chi connectivity index (χ2v) is 6.85. The van der Waals surface area contributed by atoms with Gasteiger partial charge in [-0.2, -0.15) is 0 Å². The number of benzene rings is 2. The number of hydrogen-bond acceptors (Lipinski definition) is 6. The Morgan fingerprint density at radius 1 is 1.20 bits per heavy atom. The maximum atomic E-state index is 13.0. The molecule has 0 radical (unpaired) electrons. The van der Waals surface area contributed by atoms with E-state index in [9.17, 15) is 14.7 Å². The summed E-state index contributed by atoms with van der Waals surface area (Å²) in [5.41, 5.74) is 10.7. The SMILES string of the molecule is [N-]=[N+]=N[C@@H](C(=O)N1C(=O)OCC1Cc1ccccc1)[C@H](O)COCc1ccccc1. The van der Waals surface area contributed by atoms with E-state index in [0.29, 0.717) is 6.42 Å². The van der Waals surface area contributed by atoms with Crippen LogP contribution in [0.5, 0.6) is 0 Å². The first-order valence-electron chi connectivity index (χ1n) is 9.48. The van der Waals surface area contributed by atoms with E-state index in [2.05, 4.69) is 10.0 Å². The van der Waals surface area contributed by atoms with Crippen molar-refractivity contribution in [2.45, 2.75) is 31.2 Å². The molecule has 1 aliphatic rings. The molecule has 3 atom stereocenters. The zero-order valence-electron chi connectivity index (χ0n) is 16.2. The van der Waals surface area contributed by atoms with Crippen molar-refractivity contribution in [3.8, 4) is 0 Å². The predicted octanol–water partition coefficient (Wildman–Crippen LogP) is 2.83. The first-order chi connectivity index (χ1) is 14.6. The molecule has 1 aliphatic heterocycles. The van der Waals surface area contributed by atoms with Crippen LogP contribution in [0.2, 0.25) is 0 Å². The number of azide groups is 1. The Hall–Kier alpha value is -3.39. The molecule has 1 heterocycles. The standard InChI is InChI=1S/C21H22N4O5/c22-24-23-19(18(26)14-29-12-16-9-5-2-6-10-16)20(27)25-17(13-30-21(25)28)11-15-7-3-1-4-8-15/h1-10,17-19,26H,11-14H2/t17?,18-,19-/m1/s1. The first kappa shape index (κ1) is 21.3. The molecule has 0 bridgehead atoms. The highest BCUT2D eigenvalue weighted by Crippen LogP contribution is 2.20. The molecule has 9 nitrogen and oxygen atoms in total. The van der Waals surface area contributed by atoms with E-state index in [1.807, 2.05) is 60.7 Å². The maximum Gasteiger partial charge on any atom is 0.416 e. The Bertz CT molecular complexity index is 902. The Balaban J connectivity index is 1.66. The van der Waals surface area contributed by atoms with Gasteiger partial charge in [0, 0.05) is 4.91 Å². The van der Waals surface area contributed by atoms with Crippen molar-refractivity contribution in [1.82, 2.24) is 4.90 Å². The van der Waals surface area contributed by atoms with E-state index in [1.165, 1.54) is 0 Å². The normalized spacial score (nSPS) is 17.7. The van der Waals surface area contributed by atoms with Gasteiger partial charge in [-0.25, -0.2) is 9.69 Å². The summed E-state index contributed by atoms with van der Waals surface area (Å²) in [5.74, 6) is -0.813. The summed E-state index contributed by atoms with van der Waals surface area (Å²) in [6, 6.07) is 16.6. The second-order valence-electron chi connectivity index (χ2n) is 6.85. The lowest BCUT2D eigenvalue weighted by Gasteiger charge is -2.25. The summed E-state index contributed by atoms with van der Waals surface area (Å²) in [6.07, 6.45) is -1.85. The number of cyclic esters (lactones) is 1. The van der Waals surface area contributed by atoms with E-state index in [4.69, 9.17) is 15.0 Å². The second kappa shape index (κ2) is 10.4. The average Bonchev–Trinajstić information content (AvgIpc) is 3.12. The van der Waals surface area contributed by atoms with Crippen molar-refractivity contribution in [3.05, 3.63) is 82.2 Å². The van der Waals surface area contributed by atoms with Crippen LogP contribution in [-0.4, -0.2) is 53.4 Å². The van der Waals surface area contributed by atoms with Gasteiger partial charge in [0.2, 0.25) is 5.91 Å². The third kappa shape index (κ3) is 5.36. The Morgan fingerprint density at radius 3 is 2.47 bits per heavy atom. The summed E-state index contributed by atoms with van der Waals surface area (Å²) in [5, 5.41) is 13.8. The number of carbonyl (C=O) groups excluding carboxylic acids is 2. The molecule has 9 heteroatoms. The molecule has 0 spiro atoms. The van der Waals surface area contributed by atoms with Crippen LogP contribution in [0, 0.1) is 0 Å². The molecule has 2 amide bonds. The molecule has 0 saturated carbocycles. The highest BCUT2D eigenvalue weighted by molar-refractivity contribution is 5.96. The van der Waals surface area contributed by atoms with E-state index < -0.39 is 30.2 Å². The van der Waals surface area contributed by atoms with Crippen LogP contribution in [0.3, 0.4) is 0 Å². The van der Waals surface area contributed by atoms with Crippen LogP contribution in [0.1, 0.15) is 11.1 Å². The van der Waals surface area contributed by atoms with Crippen molar-refractivity contribution in [2.75, 3.05) is 13.2 Å². The Kier molecular flexibility index (Phi) is 7.40. The number of amides is 2. The lowest BCUT2D eigenvalue weighted by atomic mass is 10.0. The van der Waals surface area contributed by atoms with Gasteiger partial charge in [-0.05, 0) is 23.1 Å². The molecule has 0 aliphatic carbocycles. The van der Waals surface area contributed by atoms with Gasteiger partial charge < -0.3 is 14.6 Å². The third-order valence-corrected chi connectivity index (χ3v) is 4.71. The lowest BCUT2D eigenvalue weighted by molar-refractivity contribution is -0.134. The summed E-state index contributed by atoms with van der Waals surface area (Å²) in [4.78, 5) is 28.7. The zero-order chi connectivity index (χ0) is 21.3. The molecule has 2 aromatic carbocycles. The number of rotatable bonds is 9. The summed E-state index contributed by atoms with van der Waals surface area (Å²) >= 11 is 0. The van der Waals surface area contributed by atoms with E-state index in [-0.39, 0.29) is 19.8 Å². The Morgan fingerprint density at radius 2 is 1.83 bits per heavy atom. The van der Waals surface area contributed by atoms with Crippen molar-refractivity contribution >= 4 is 12.0 Å². The van der Waals surface area contributed by atoms with E-state index >= 15 is 0 Å². The van der Waals surface area contributed by atoms with Gasteiger partial charge in [0.1, 0.15) is 12.6 Å². The first-order valence-corrected chi connectivity index (χ1v) is 9.48. The van der Waals surface area contributed by atoms with Crippen molar-refractivity contribution in [1.29, 1.82) is 0 Å². The van der Waals surface area contributed by atoms with Gasteiger partial charge in [0.15, 0.2) is 0 Å². The molecular formula is C21H22N4O5. The van der Waals surface area contributed by atoms with Crippen LogP contribution in [0.25, 0.3) is 10.4 Å². The Labute approximate surface area is 173 Å². The highest BCUT2D eigenvalue weighted by atomic mass is 16.6. The minimum absolute atomic E-state index is 0.0308. The molecular weight excluding hydrogens is 388 g/mol. The van der Waals surface area contributed by atoms with Crippen LogP contribution >= 0.6 is 0 Å². The number of aliphatic hydroxyl groups is 1. The van der Waals surface area contributed by atoms with Crippen LogP contribution in [0.15, 0.2) is 65.8 Å². The van der Waals surface area contributed by atoms with Crippen molar-refractivity contribution in [3.63, 3.8) is 0 Å². The molecule has 2 aromatic rings. The molecule has 1 fully saturated rings. The van der Waals surface area contributed by atoms with Crippen molar-refractivity contribution in [2.24, 2.45) is 5.11 Å².